The molecule has 0 radical (unpaired) electrons. The van der Waals surface area contributed by atoms with Crippen molar-refractivity contribution in [2.24, 2.45) is 0 Å². The van der Waals surface area contributed by atoms with E-state index in [9.17, 15) is 4.79 Å². The third kappa shape index (κ3) is 2.47. The van der Waals surface area contributed by atoms with Gasteiger partial charge in [-0.2, -0.15) is 0 Å². The normalized spacial score (nSPS) is 10.6. The number of hydrogen-bond acceptors (Lipinski definition) is 2. The number of H-pyrrole nitrogens is 1. The van der Waals surface area contributed by atoms with Crippen LogP contribution in [-0.2, 0) is 0 Å². The summed E-state index contributed by atoms with van der Waals surface area (Å²) < 4.78 is 5.67. The SMILES string of the molecule is CCCOc1cccc2[nH]c(C(=O)NCC)cc12. The van der Waals surface area contributed by atoms with Crippen LogP contribution < -0.4 is 10.1 Å². The molecule has 96 valence electrons. The molecule has 1 amide bonds. The molecular formula is C14H18N2O2. The minimum Gasteiger partial charge on any atom is -0.493 e. The van der Waals surface area contributed by atoms with Gasteiger partial charge in [0.1, 0.15) is 11.4 Å². The van der Waals surface area contributed by atoms with Crippen LogP contribution in [-0.4, -0.2) is 24.0 Å². The molecule has 1 aromatic heterocycles. The van der Waals surface area contributed by atoms with E-state index in [1.54, 1.807) is 0 Å². The van der Waals surface area contributed by atoms with Crippen LogP contribution in [0.3, 0.4) is 0 Å². The number of ether oxygens (including phenoxy) is 1. The summed E-state index contributed by atoms with van der Waals surface area (Å²) in [5.74, 6) is 0.733. The molecule has 0 aliphatic heterocycles. The number of carbonyl (C=O) groups is 1. The molecule has 0 aliphatic rings. The van der Waals surface area contributed by atoms with Gasteiger partial charge < -0.3 is 15.0 Å². The third-order valence-electron chi connectivity index (χ3n) is 2.67. The Kier molecular flexibility index (Phi) is 3.87. The van der Waals surface area contributed by atoms with Crippen LogP contribution in [0.15, 0.2) is 24.3 Å². The highest BCUT2D eigenvalue weighted by Gasteiger charge is 2.11. The van der Waals surface area contributed by atoms with E-state index in [0.717, 1.165) is 23.1 Å². The van der Waals surface area contributed by atoms with Gasteiger partial charge in [0.05, 0.1) is 6.61 Å². The van der Waals surface area contributed by atoms with Gasteiger partial charge in [0.2, 0.25) is 0 Å². The maximum absolute atomic E-state index is 11.8. The second kappa shape index (κ2) is 5.58. The van der Waals surface area contributed by atoms with Gasteiger partial charge >= 0.3 is 0 Å². The standard InChI is InChI=1S/C14H18N2O2/c1-3-8-18-13-7-5-6-11-10(13)9-12(16-11)14(17)15-4-2/h5-7,9,16H,3-4,8H2,1-2H3,(H,15,17). The first-order valence-corrected chi connectivity index (χ1v) is 6.29. The van der Waals surface area contributed by atoms with Crippen molar-refractivity contribution in [2.75, 3.05) is 13.2 Å². The fraction of sp³-hybridized carbons (Fsp3) is 0.357. The number of nitrogens with one attached hydrogen (secondary N) is 2. The van der Waals surface area contributed by atoms with E-state index in [-0.39, 0.29) is 5.91 Å². The van der Waals surface area contributed by atoms with Crippen LogP contribution in [0.2, 0.25) is 0 Å². The van der Waals surface area contributed by atoms with Crippen molar-refractivity contribution in [3.63, 3.8) is 0 Å². The first kappa shape index (κ1) is 12.5. The van der Waals surface area contributed by atoms with Gasteiger partial charge in [-0.3, -0.25) is 4.79 Å². The molecule has 2 N–H and O–H groups in total. The smallest absolute Gasteiger partial charge is 0.267 e. The van der Waals surface area contributed by atoms with E-state index >= 15 is 0 Å². The fourth-order valence-corrected chi connectivity index (χ4v) is 1.84. The molecule has 0 fully saturated rings. The largest absolute Gasteiger partial charge is 0.493 e. The number of carbonyl (C=O) groups excluding carboxylic acids is 1. The van der Waals surface area contributed by atoms with Crippen molar-refractivity contribution in [3.8, 4) is 5.75 Å². The summed E-state index contributed by atoms with van der Waals surface area (Å²) in [5.41, 5.74) is 1.49. The van der Waals surface area contributed by atoms with Crippen LogP contribution in [0.5, 0.6) is 5.75 Å². The maximum atomic E-state index is 11.8. The molecule has 4 heteroatoms. The van der Waals surface area contributed by atoms with Gasteiger partial charge in [-0.25, -0.2) is 0 Å². The third-order valence-corrected chi connectivity index (χ3v) is 2.67. The molecule has 1 heterocycles. The number of hydrogen-bond donors (Lipinski definition) is 2. The van der Waals surface area contributed by atoms with Crippen LogP contribution in [0, 0.1) is 0 Å². The lowest BCUT2D eigenvalue weighted by atomic mass is 10.2. The van der Waals surface area contributed by atoms with E-state index in [1.807, 2.05) is 31.2 Å². The van der Waals surface area contributed by atoms with Crippen LogP contribution in [0.4, 0.5) is 0 Å². The molecule has 0 saturated carbocycles. The molecule has 2 aromatic rings. The Labute approximate surface area is 106 Å². The molecular weight excluding hydrogens is 228 g/mol. The highest BCUT2D eigenvalue weighted by Crippen LogP contribution is 2.26. The van der Waals surface area contributed by atoms with Crippen LogP contribution >= 0.6 is 0 Å². The zero-order valence-corrected chi connectivity index (χ0v) is 10.7. The van der Waals surface area contributed by atoms with Crippen LogP contribution in [0.25, 0.3) is 10.9 Å². The van der Waals surface area contributed by atoms with E-state index in [0.29, 0.717) is 18.8 Å². The predicted octanol–water partition coefficient (Wildman–Crippen LogP) is 2.71. The lowest BCUT2D eigenvalue weighted by molar-refractivity contribution is 0.0951. The molecule has 0 unspecified atom stereocenters. The average Bonchev–Trinajstić information content (AvgIpc) is 2.81. The van der Waals surface area contributed by atoms with Gasteiger partial charge in [0.15, 0.2) is 0 Å². The molecule has 0 aliphatic carbocycles. The van der Waals surface area contributed by atoms with Crippen molar-refractivity contribution in [1.82, 2.24) is 10.3 Å². The first-order chi connectivity index (χ1) is 8.76. The van der Waals surface area contributed by atoms with E-state index in [2.05, 4.69) is 17.2 Å². The van der Waals surface area contributed by atoms with Gasteiger partial charge in [0, 0.05) is 17.4 Å². The molecule has 0 spiro atoms. The van der Waals surface area contributed by atoms with Crippen molar-refractivity contribution < 1.29 is 9.53 Å². The minimum atomic E-state index is -0.0878. The van der Waals surface area contributed by atoms with Gasteiger partial charge in [-0.15, -0.1) is 0 Å². The number of benzene rings is 1. The summed E-state index contributed by atoms with van der Waals surface area (Å²) >= 11 is 0. The number of amides is 1. The number of fused-ring (bicyclic) bond motifs is 1. The Morgan fingerprint density at radius 2 is 2.22 bits per heavy atom. The summed E-state index contributed by atoms with van der Waals surface area (Å²) in [5, 5.41) is 3.73. The average molecular weight is 246 g/mol. The lowest BCUT2D eigenvalue weighted by Gasteiger charge is -2.04. The Bertz CT molecular complexity index is 546. The fourth-order valence-electron chi connectivity index (χ4n) is 1.84. The monoisotopic (exact) mass is 246 g/mol. The maximum Gasteiger partial charge on any atom is 0.267 e. The van der Waals surface area contributed by atoms with E-state index in [4.69, 9.17) is 4.74 Å². The Hall–Kier alpha value is -1.97. The Morgan fingerprint density at radius 3 is 2.94 bits per heavy atom. The lowest BCUT2D eigenvalue weighted by Crippen LogP contribution is -2.22. The summed E-state index contributed by atoms with van der Waals surface area (Å²) in [7, 11) is 0. The highest BCUT2D eigenvalue weighted by molar-refractivity contribution is 5.99. The summed E-state index contributed by atoms with van der Waals surface area (Å²) in [6.45, 7) is 5.27. The summed E-state index contributed by atoms with van der Waals surface area (Å²) in [4.78, 5) is 14.9. The second-order valence-corrected chi connectivity index (χ2v) is 4.11. The Balaban J connectivity index is 2.34. The molecule has 1 aromatic carbocycles. The molecule has 4 nitrogen and oxygen atoms in total. The van der Waals surface area contributed by atoms with E-state index < -0.39 is 0 Å². The Morgan fingerprint density at radius 1 is 1.39 bits per heavy atom. The van der Waals surface area contributed by atoms with Crippen LogP contribution in [0.1, 0.15) is 30.8 Å². The number of aromatic nitrogens is 1. The molecule has 0 atom stereocenters. The molecule has 0 bridgehead atoms. The number of aromatic amines is 1. The molecule has 0 saturated heterocycles. The number of rotatable bonds is 5. The minimum absolute atomic E-state index is 0.0878. The van der Waals surface area contributed by atoms with Gasteiger partial charge in [-0.05, 0) is 31.5 Å². The quantitative estimate of drug-likeness (QED) is 0.852. The summed E-state index contributed by atoms with van der Waals surface area (Å²) in [6, 6.07) is 7.63. The van der Waals surface area contributed by atoms with Crippen molar-refractivity contribution in [1.29, 1.82) is 0 Å². The van der Waals surface area contributed by atoms with Gasteiger partial charge in [0.25, 0.3) is 5.91 Å². The van der Waals surface area contributed by atoms with E-state index in [1.165, 1.54) is 0 Å². The first-order valence-electron chi connectivity index (χ1n) is 6.29. The highest BCUT2D eigenvalue weighted by atomic mass is 16.5. The van der Waals surface area contributed by atoms with Gasteiger partial charge in [-0.1, -0.05) is 13.0 Å². The zero-order chi connectivity index (χ0) is 13.0. The zero-order valence-electron chi connectivity index (χ0n) is 10.7. The van der Waals surface area contributed by atoms with Crippen molar-refractivity contribution >= 4 is 16.8 Å². The topological polar surface area (TPSA) is 54.1 Å². The summed E-state index contributed by atoms with van der Waals surface area (Å²) in [6.07, 6.45) is 0.962. The van der Waals surface area contributed by atoms with Crippen molar-refractivity contribution in [3.05, 3.63) is 30.0 Å². The second-order valence-electron chi connectivity index (χ2n) is 4.11. The molecule has 18 heavy (non-hydrogen) atoms. The predicted molar refractivity (Wildman–Crippen MR) is 72.1 cm³/mol. The molecule has 2 rings (SSSR count). The van der Waals surface area contributed by atoms with Crippen molar-refractivity contribution in [2.45, 2.75) is 20.3 Å².